The molecular formula is C37H36O16. The van der Waals surface area contributed by atoms with Gasteiger partial charge in [0.15, 0.2) is 35.2 Å². The maximum absolute atomic E-state index is 13.6. The highest BCUT2D eigenvalue weighted by atomic mass is 16.8. The summed E-state index contributed by atoms with van der Waals surface area (Å²) in [5, 5.41) is 0.885. The predicted molar refractivity (Wildman–Crippen MR) is 181 cm³/mol. The van der Waals surface area contributed by atoms with Crippen LogP contribution in [0.5, 0.6) is 28.7 Å². The number of hydrogen-bond donors (Lipinski definition) is 0. The van der Waals surface area contributed by atoms with Gasteiger partial charge in [-0.15, -0.1) is 0 Å². The molecule has 5 atom stereocenters. The van der Waals surface area contributed by atoms with Crippen molar-refractivity contribution in [1.29, 1.82) is 0 Å². The zero-order valence-corrected chi connectivity index (χ0v) is 29.2. The van der Waals surface area contributed by atoms with E-state index < -0.39 is 55.0 Å². The molecule has 0 bridgehead atoms. The lowest BCUT2D eigenvalue weighted by atomic mass is 9.89. The summed E-state index contributed by atoms with van der Waals surface area (Å²) < 4.78 is 67.6. The lowest BCUT2D eigenvalue weighted by Crippen LogP contribution is -2.62. The Kier molecular flexibility index (Phi) is 10.8. The molecule has 0 aromatic heterocycles. The van der Waals surface area contributed by atoms with Gasteiger partial charge in [-0.1, -0.05) is 31.4 Å². The van der Waals surface area contributed by atoms with E-state index in [4.69, 9.17) is 56.8 Å². The molecule has 16 heteroatoms. The van der Waals surface area contributed by atoms with Gasteiger partial charge in [0.2, 0.25) is 19.2 Å². The first-order chi connectivity index (χ1) is 25.6. The standard InChI is InChI=1S/C37H36O16/c1-7-11-44-36(40)52-30-18(3)49-35(33(32(30)50-19(4)38)53-37(41)45-12-8-2)51-31-22-15-26(43-6)25(42-5)14-21(22)28(29-23(31)16-46-34(29)39)20-9-10-24-27(13-20)48-17-47-24/h7-10,13-15,18,30,32-33,35H,1-2,11-12,16-17H2,3-6H3/t18-,30-,32+,33-,35?/m1/s1. The molecule has 3 heterocycles. The summed E-state index contributed by atoms with van der Waals surface area (Å²) in [5.74, 6) is 0.308. The topological polar surface area (TPSA) is 179 Å². The molecule has 0 amide bonds. The van der Waals surface area contributed by atoms with Gasteiger partial charge in [0.25, 0.3) is 0 Å². The first kappa shape index (κ1) is 36.6. The van der Waals surface area contributed by atoms with E-state index in [9.17, 15) is 19.2 Å². The summed E-state index contributed by atoms with van der Waals surface area (Å²) in [4.78, 5) is 51.5. The predicted octanol–water partition coefficient (Wildman–Crippen LogP) is 5.39. The number of hydrogen-bond acceptors (Lipinski definition) is 16. The second kappa shape index (κ2) is 15.6. The van der Waals surface area contributed by atoms with Crippen molar-refractivity contribution >= 4 is 35.0 Å². The fourth-order valence-corrected chi connectivity index (χ4v) is 6.24. The minimum atomic E-state index is -1.62. The largest absolute Gasteiger partial charge is 0.509 e. The second-order valence-electron chi connectivity index (χ2n) is 11.7. The molecule has 0 spiro atoms. The van der Waals surface area contributed by atoms with Gasteiger partial charge >= 0.3 is 24.2 Å². The van der Waals surface area contributed by atoms with Crippen LogP contribution in [-0.2, 0) is 44.6 Å². The molecular weight excluding hydrogens is 700 g/mol. The molecule has 1 unspecified atom stereocenters. The summed E-state index contributed by atoms with van der Waals surface area (Å²) in [7, 11) is 2.92. The lowest BCUT2D eigenvalue weighted by Gasteiger charge is -2.43. The van der Waals surface area contributed by atoms with Crippen molar-refractivity contribution in [2.75, 3.05) is 34.2 Å². The molecule has 3 aromatic carbocycles. The van der Waals surface area contributed by atoms with Crippen molar-refractivity contribution < 1.29 is 76.0 Å². The minimum Gasteiger partial charge on any atom is -0.493 e. The fraction of sp³-hybridized carbons (Fsp3) is 0.351. The number of rotatable bonds is 12. The number of esters is 2. The van der Waals surface area contributed by atoms with Crippen LogP contribution in [0, 0.1) is 0 Å². The third-order valence-corrected chi connectivity index (χ3v) is 8.44. The van der Waals surface area contributed by atoms with Gasteiger partial charge in [-0.3, -0.25) is 4.79 Å². The van der Waals surface area contributed by atoms with Crippen LogP contribution < -0.4 is 23.7 Å². The number of carbonyl (C=O) groups excluding carboxylic acids is 4. The van der Waals surface area contributed by atoms with Crippen molar-refractivity contribution in [3.8, 4) is 39.9 Å². The molecule has 1 fully saturated rings. The van der Waals surface area contributed by atoms with E-state index in [1.54, 1.807) is 30.3 Å². The number of ether oxygens (including phenoxy) is 12. The fourth-order valence-electron chi connectivity index (χ4n) is 6.24. The van der Waals surface area contributed by atoms with Crippen LogP contribution in [0.4, 0.5) is 9.59 Å². The molecule has 3 aromatic rings. The summed E-state index contributed by atoms with van der Waals surface area (Å²) in [6, 6.07) is 8.58. The summed E-state index contributed by atoms with van der Waals surface area (Å²) in [6.45, 7) is 9.10. The quantitative estimate of drug-likeness (QED) is 0.131. The van der Waals surface area contributed by atoms with E-state index in [1.807, 2.05) is 0 Å². The highest BCUT2D eigenvalue weighted by Gasteiger charge is 2.53. The van der Waals surface area contributed by atoms with E-state index in [0.717, 1.165) is 6.92 Å². The maximum atomic E-state index is 13.6. The molecule has 3 aliphatic rings. The maximum Gasteiger partial charge on any atom is 0.509 e. The zero-order chi connectivity index (χ0) is 37.8. The van der Waals surface area contributed by atoms with Gasteiger partial charge in [-0.25, -0.2) is 14.4 Å². The van der Waals surface area contributed by atoms with Gasteiger partial charge in [0, 0.05) is 23.4 Å². The van der Waals surface area contributed by atoms with Gasteiger partial charge in [0.1, 0.15) is 31.7 Å². The van der Waals surface area contributed by atoms with Crippen molar-refractivity contribution in [3.05, 3.63) is 66.8 Å². The molecule has 0 radical (unpaired) electrons. The minimum absolute atomic E-state index is 0.0396. The highest BCUT2D eigenvalue weighted by Crippen LogP contribution is 2.50. The Balaban J connectivity index is 1.52. The lowest BCUT2D eigenvalue weighted by molar-refractivity contribution is -0.275. The van der Waals surface area contributed by atoms with E-state index in [-0.39, 0.29) is 37.9 Å². The normalized spacial score (nSPS) is 21.1. The van der Waals surface area contributed by atoms with Crippen LogP contribution >= 0.6 is 0 Å². The van der Waals surface area contributed by atoms with Crippen molar-refractivity contribution in [3.63, 3.8) is 0 Å². The first-order valence-electron chi connectivity index (χ1n) is 16.3. The van der Waals surface area contributed by atoms with Crippen LogP contribution in [-0.4, -0.2) is 89.2 Å². The number of methoxy groups -OCH3 is 2. The van der Waals surface area contributed by atoms with E-state index in [0.29, 0.717) is 50.5 Å². The van der Waals surface area contributed by atoms with Crippen molar-refractivity contribution in [2.45, 2.75) is 51.2 Å². The molecule has 6 rings (SSSR count). The Bertz CT molecular complexity index is 1950. The van der Waals surface area contributed by atoms with Crippen molar-refractivity contribution in [2.24, 2.45) is 0 Å². The van der Waals surface area contributed by atoms with Gasteiger partial charge in [-0.05, 0) is 42.1 Å². The van der Waals surface area contributed by atoms with Crippen LogP contribution in [0.25, 0.3) is 21.9 Å². The van der Waals surface area contributed by atoms with Crippen LogP contribution in [0.2, 0.25) is 0 Å². The van der Waals surface area contributed by atoms with Crippen molar-refractivity contribution in [1.82, 2.24) is 0 Å². The first-order valence-corrected chi connectivity index (χ1v) is 16.3. The third kappa shape index (κ3) is 7.30. The monoisotopic (exact) mass is 736 g/mol. The smallest absolute Gasteiger partial charge is 0.493 e. The molecule has 0 saturated carbocycles. The van der Waals surface area contributed by atoms with E-state index >= 15 is 0 Å². The number of cyclic esters (lactones) is 1. The average molecular weight is 737 g/mol. The second-order valence-corrected chi connectivity index (χ2v) is 11.7. The Morgan fingerprint density at radius 2 is 1.45 bits per heavy atom. The van der Waals surface area contributed by atoms with Gasteiger partial charge < -0.3 is 56.8 Å². The Hall–Kier alpha value is -6.16. The zero-order valence-electron chi connectivity index (χ0n) is 29.2. The highest BCUT2D eigenvalue weighted by molar-refractivity contribution is 6.14. The summed E-state index contributed by atoms with van der Waals surface area (Å²) in [5.41, 5.74) is 1.57. The molecule has 280 valence electrons. The van der Waals surface area contributed by atoms with Gasteiger partial charge in [0.05, 0.1) is 19.8 Å². The summed E-state index contributed by atoms with van der Waals surface area (Å²) >= 11 is 0. The number of benzene rings is 3. The Morgan fingerprint density at radius 1 is 0.811 bits per heavy atom. The summed E-state index contributed by atoms with van der Waals surface area (Å²) in [6.07, 6.45) is -6.80. The molecule has 0 aliphatic carbocycles. The van der Waals surface area contributed by atoms with Crippen LogP contribution in [0.3, 0.4) is 0 Å². The number of fused-ring (bicyclic) bond motifs is 3. The molecule has 0 N–H and O–H groups in total. The number of carbonyl (C=O) groups is 4. The molecule has 16 nitrogen and oxygen atoms in total. The Morgan fingerprint density at radius 3 is 2.09 bits per heavy atom. The third-order valence-electron chi connectivity index (χ3n) is 8.44. The SMILES string of the molecule is C=CCOC(=O)O[C@H]1[C@H](OC(C)=O)[C@@H](OC(=O)OCC=C)C(Oc2c3c(c(-c4ccc5c(c4)OCO5)c4cc(OC)c(OC)cc24)C(=O)OC3)O[C@@H]1C. The van der Waals surface area contributed by atoms with E-state index in [2.05, 4.69) is 13.2 Å². The average Bonchev–Trinajstić information content (AvgIpc) is 3.78. The van der Waals surface area contributed by atoms with Gasteiger partial charge in [-0.2, -0.15) is 0 Å². The van der Waals surface area contributed by atoms with Crippen LogP contribution in [0.15, 0.2) is 55.6 Å². The van der Waals surface area contributed by atoms with E-state index in [1.165, 1.54) is 33.3 Å². The van der Waals surface area contributed by atoms with Crippen LogP contribution in [0.1, 0.15) is 29.8 Å². The molecule has 1 saturated heterocycles. The molecule has 53 heavy (non-hydrogen) atoms. The molecule has 3 aliphatic heterocycles. The Labute approximate surface area is 302 Å².